The van der Waals surface area contributed by atoms with E-state index in [1.165, 1.54) is 0 Å². The molecule has 0 saturated carbocycles. The Morgan fingerprint density at radius 1 is 1.32 bits per heavy atom. The van der Waals surface area contributed by atoms with E-state index < -0.39 is 0 Å². The van der Waals surface area contributed by atoms with Crippen LogP contribution in [0, 0.1) is 0 Å². The molecule has 22 heavy (non-hydrogen) atoms. The fourth-order valence-corrected chi connectivity index (χ4v) is 3.13. The lowest BCUT2D eigenvalue weighted by Crippen LogP contribution is -2.53. The number of amides is 1. The molecule has 120 valence electrons. The Morgan fingerprint density at radius 2 is 2.14 bits per heavy atom. The third kappa shape index (κ3) is 3.53. The van der Waals surface area contributed by atoms with Crippen LogP contribution in [-0.4, -0.2) is 64.6 Å². The van der Waals surface area contributed by atoms with Gasteiger partial charge in [0, 0.05) is 19.3 Å². The van der Waals surface area contributed by atoms with Crippen LogP contribution in [0.3, 0.4) is 0 Å². The van der Waals surface area contributed by atoms with Crippen molar-refractivity contribution in [3.63, 3.8) is 0 Å². The minimum Gasteiger partial charge on any atom is -0.384 e. The number of carbonyl (C=O) groups excluding carboxylic acids is 1. The Kier molecular flexibility index (Phi) is 4.84. The smallest absolute Gasteiger partial charge is 0.240 e. The molecule has 3 rings (SSSR count). The first-order chi connectivity index (χ1) is 10.7. The van der Waals surface area contributed by atoms with Crippen molar-refractivity contribution in [3.8, 4) is 0 Å². The third-order valence-corrected chi connectivity index (χ3v) is 4.29. The van der Waals surface area contributed by atoms with Crippen molar-refractivity contribution in [3.05, 3.63) is 18.1 Å². The van der Waals surface area contributed by atoms with E-state index in [2.05, 4.69) is 14.9 Å². The number of nitrogens with zero attached hydrogens (tertiary/aromatic N) is 4. The highest BCUT2D eigenvalue weighted by Crippen LogP contribution is 2.21. The minimum atomic E-state index is -0.0723. The Hall–Kier alpha value is -1.73. The van der Waals surface area contributed by atoms with Crippen LogP contribution >= 0.6 is 0 Å². The second kappa shape index (κ2) is 7.02. The van der Waals surface area contributed by atoms with E-state index in [-0.39, 0.29) is 11.9 Å². The summed E-state index contributed by atoms with van der Waals surface area (Å²) in [4.78, 5) is 25.4. The first-order valence-corrected chi connectivity index (χ1v) is 7.92. The molecule has 1 aromatic heterocycles. The summed E-state index contributed by atoms with van der Waals surface area (Å²) >= 11 is 0. The van der Waals surface area contributed by atoms with Crippen LogP contribution in [0.2, 0.25) is 0 Å². The fraction of sp³-hybridized carbons (Fsp3) is 0.667. The van der Waals surface area contributed by atoms with Crippen molar-refractivity contribution in [1.82, 2.24) is 19.8 Å². The van der Waals surface area contributed by atoms with Crippen LogP contribution in [0.25, 0.3) is 0 Å². The van der Waals surface area contributed by atoms with E-state index in [1.54, 1.807) is 12.3 Å². The molecular formula is C15H23N5O2. The standard InChI is InChI=1S/C15H23N5O2/c16-13-4-5-17-14(18-13)11-20-6-2-1-3-12(20)15(21)19-7-9-22-10-8-19/h4-5,12H,1-3,6-11H2,(H2,16,17,18)/t12-/m0/s1. The quantitative estimate of drug-likeness (QED) is 0.863. The molecule has 0 aliphatic carbocycles. The maximum absolute atomic E-state index is 12.8. The molecule has 2 fully saturated rings. The van der Waals surface area contributed by atoms with Crippen LogP contribution in [-0.2, 0) is 16.1 Å². The first kappa shape index (κ1) is 15.2. The zero-order valence-corrected chi connectivity index (χ0v) is 12.8. The van der Waals surface area contributed by atoms with E-state index in [0.29, 0.717) is 44.5 Å². The number of morpholine rings is 1. The first-order valence-electron chi connectivity index (χ1n) is 7.92. The number of likely N-dealkylation sites (tertiary alicyclic amines) is 1. The summed E-state index contributed by atoms with van der Waals surface area (Å²) in [5, 5.41) is 0. The topological polar surface area (TPSA) is 84.6 Å². The highest BCUT2D eigenvalue weighted by atomic mass is 16.5. The van der Waals surface area contributed by atoms with Crippen molar-refractivity contribution in [1.29, 1.82) is 0 Å². The van der Waals surface area contributed by atoms with Gasteiger partial charge in [0.15, 0.2) is 0 Å². The van der Waals surface area contributed by atoms with Crippen LogP contribution in [0.5, 0.6) is 0 Å². The molecule has 2 aliphatic heterocycles. The van der Waals surface area contributed by atoms with Gasteiger partial charge >= 0.3 is 0 Å². The van der Waals surface area contributed by atoms with E-state index in [9.17, 15) is 4.79 Å². The molecule has 0 bridgehead atoms. The molecule has 1 atom stereocenters. The Balaban J connectivity index is 1.69. The molecule has 7 nitrogen and oxygen atoms in total. The summed E-state index contributed by atoms with van der Waals surface area (Å²) < 4.78 is 5.33. The average molecular weight is 305 g/mol. The van der Waals surface area contributed by atoms with Crippen LogP contribution in [0.4, 0.5) is 5.82 Å². The molecule has 0 radical (unpaired) electrons. The Morgan fingerprint density at radius 3 is 2.91 bits per heavy atom. The predicted molar refractivity (Wildman–Crippen MR) is 81.9 cm³/mol. The van der Waals surface area contributed by atoms with Crippen LogP contribution in [0.15, 0.2) is 12.3 Å². The maximum atomic E-state index is 12.8. The number of rotatable bonds is 3. The van der Waals surface area contributed by atoms with Crippen molar-refractivity contribution < 1.29 is 9.53 Å². The van der Waals surface area contributed by atoms with E-state index in [1.807, 2.05) is 4.90 Å². The lowest BCUT2D eigenvalue weighted by atomic mass is 10.0. The SMILES string of the molecule is Nc1ccnc(CN2CCCC[C@H]2C(=O)N2CCOCC2)n1. The summed E-state index contributed by atoms with van der Waals surface area (Å²) in [6.07, 6.45) is 4.77. The highest BCUT2D eigenvalue weighted by molar-refractivity contribution is 5.82. The summed E-state index contributed by atoms with van der Waals surface area (Å²) in [7, 11) is 0. The van der Waals surface area contributed by atoms with E-state index >= 15 is 0 Å². The molecule has 0 unspecified atom stereocenters. The number of hydrogen-bond acceptors (Lipinski definition) is 6. The van der Waals surface area contributed by atoms with Gasteiger partial charge in [0.1, 0.15) is 11.6 Å². The van der Waals surface area contributed by atoms with Gasteiger partial charge in [-0.2, -0.15) is 0 Å². The zero-order valence-electron chi connectivity index (χ0n) is 12.8. The summed E-state index contributed by atoms with van der Waals surface area (Å²) in [5.41, 5.74) is 5.72. The van der Waals surface area contributed by atoms with E-state index in [0.717, 1.165) is 25.8 Å². The number of piperidine rings is 1. The molecule has 0 aromatic carbocycles. The summed E-state index contributed by atoms with van der Waals surface area (Å²) in [6, 6.07) is 1.60. The lowest BCUT2D eigenvalue weighted by Gasteiger charge is -2.38. The number of aromatic nitrogens is 2. The third-order valence-electron chi connectivity index (χ3n) is 4.29. The zero-order chi connectivity index (χ0) is 15.4. The number of nitrogen functional groups attached to an aromatic ring is 1. The minimum absolute atomic E-state index is 0.0723. The number of anilines is 1. The molecule has 2 saturated heterocycles. The summed E-state index contributed by atoms with van der Waals surface area (Å²) in [6.45, 7) is 4.13. The molecule has 0 spiro atoms. The number of nitrogens with two attached hydrogens (primary N) is 1. The molecule has 3 heterocycles. The van der Waals surface area contributed by atoms with Crippen molar-refractivity contribution in [2.24, 2.45) is 0 Å². The van der Waals surface area contributed by atoms with Gasteiger partial charge in [0.25, 0.3) is 0 Å². The van der Waals surface area contributed by atoms with E-state index in [4.69, 9.17) is 10.5 Å². The molecule has 7 heteroatoms. The molecule has 1 amide bonds. The number of hydrogen-bond donors (Lipinski definition) is 1. The van der Waals surface area contributed by atoms with Crippen molar-refractivity contribution in [2.45, 2.75) is 31.8 Å². The van der Waals surface area contributed by atoms with Gasteiger partial charge in [-0.05, 0) is 25.5 Å². The maximum Gasteiger partial charge on any atom is 0.240 e. The largest absolute Gasteiger partial charge is 0.384 e. The van der Waals surface area contributed by atoms with Gasteiger partial charge in [0.05, 0.1) is 25.8 Å². The van der Waals surface area contributed by atoms with Gasteiger partial charge in [-0.25, -0.2) is 9.97 Å². The Labute approximate surface area is 130 Å². The van der Waals surface area contributed by atoms with Crippen molar-refractivity contribution >= 4 is 11.7 Å². The van der Waals surface area contributed by atoms with Gasteiger partial charge < -0.3 is 15.4 Å². The Bertz CT molecular complexity index is 518. The number of ether oxygens (including phenoxy) is 1. The highest BCUT2D eigenvalue weighted by Gasteiger charge is 2.32. The molecule has 2 aliphatic rings. The average Bonchev–Trinajstić information content (AvgIpc) is 2.56. The summed E-state index contributed by atoms with van der Waals surface area (Å²) in [5.74, 6) is 1.37. The monoisotopic (exact) mass is 305 g/mol. The second-order valence-electron chi connectivity index (χ2n) is 5.82. The normalized spacial score (nSPS) is 23.5. The number of carbonyl (C=O) groups is 1. The molecule has 1 aromatic rings. The predicted octanol–water partition coefficient (Wildman–Crippen LogP) is 0.272. The van der Waals surface area contributed by atoms with Crippen molar-refractivity contribution in [2.75, 3.05) is 38.6 Å². The van der Waals surface area contributed by atoms with Gasteiger partial charge in [-0.3, -0.25) is 9.69 Å². The van der Waals surface area contributed by atoms with Gasteiger partial charge in [-0.15, -0.1) is 0 Å². The van der Waals surface area contributed by atoms with Crippen LogP contribution < -0.4 is 5.73 Å². The fourth-order valence-electron chi connectivity index (χ4n) is 3.13. The lowest BCUT2D eigenvalue weighted by molar-refractivity contribution is -0.142. The molecule has 2 N–H and O–H groups in total. The second-order valence-corrected chi connectivity index (χ2v) is 5.82. The van der Waals surface area contributed by atoms with Crippen LogP contribution in [0.1, 0.15) is 25.1 Å². The van der Waals surface area contributed by atoms with Gasteiger partial charge in [0.2, 0.25) is 5.91 Å². The molecular weight excluding hydrogens is 282 g/mol. The van der Waals surface area contributed by atoms with Gasteiger partial charge in [-0.1, -0.05) is 6.42 Å².